The maximum Gasteiger partial charge on any atom is 0.310 e. The minimum atomic E-state index is -0.754. The van der Waals surface area contributed by atoms with Crippen molar-refractivity contribution >= 4 is 5.97 Å². The first-order chi connectivity index (χ1) is 12.5. The number of methoxy groups -OCH3 is 1. The topological polar surface area (TPSA) is 67.8 Å². The standard InChI is InChI=1S/C20H22FNO4/c1-25-16-8-4-13(5-9-16)10-17-20(18(23)12-22-17)26-19(24)11-14-2-6-15(21)7-3-14/h2-9,17-18,20,22-23H,10-12H2,1H3/t17-,18+,20+/m1/s1. The molecule has 1 heterocycles. The Balaban J connectivity index is 1.60. The molecule has 0 saturated carbocycles. The van der Waals surface area contributed by atoms with Gasteiger partial charge in [-0.2, -0.15) is 0 Å². The summed E-state index contributed by atoms with van der Waals surface area (Å²) in [7, 11) is 1.61. The number of rotatable bonds is 6. The zero-order valence-corrected chi connectivity index (χ0v) is 14.5. The van der Waals surface area contributed by atoms with E-state index >= 15 is 0 Å². The van der Waals surface area contributed by atoms with Gasteiger partial charge in [0.2, 0.25) is 0 Å². The Bertz CT molecular complexity index is 732. The molecule has 26 heavy (non-hydrogen) atoms. The van der Waals surface area contributed by atoms with E-state index in [4.69, 9.17) is 9.47 Å². The van der Waals surface area contributed by atoms with Gasteiger partial charge in [-0.05, 0) is 41.8 Å². The summed E-state index contributed by atoms with van der Waals surface area (Å²) in [4.78, 5) is 12.2. The van der Waals surface area contributed by atoms with E-state index < -0.39 is 18.2 Å². The van der Waals surface area contributed by atoms with Gasteiger partial charge in [0, 0.05) is 6.54 Å². The molecule has 1 aliphatic heterocycles. The number of aliphatic hydroxyl groups is 1. The van der Waals surface area contributed by atoms with E-state index in [1.165, 1.54) is 12.1 Å². The highest BCUT2D eigenvalue weighted by Gasteiger charge is 2.37. The number of β-amino-alcohol motifs (C(OH)–C–C–N with tert-alkyl or cyclic N) is 1. The lowest BCUT2D eigenvalue weighted by Crippen LogP contribution is -2.39. The highest BCUT2D eigenvalue weighted by atomic mass is 19.1. The molecule has 5 nitrogen and oxygen atoms in total. The van der Waals surface area contributed by atoms with Crippen LogP contribution in [-0.4, -0.2) is 43.0 Å². The molecule has 0 spiro atoms. The third kappa shape index (κ3) is 4.59. The number of carbonyl (C=O) groups is 1. The highest BCUT2D eigenvalue weighted by molar-refractivity contribution is 5.72. The molecule has 0 unspecified atom stereocenters. The van der Waals surface area contributed by atoms with Crippen LogP contribution in [0.2, 0.25) is 0 Å². The molecular weight excluding hydrogens is 337 g/mol. The maximum atomic E-state index is 12.9. The van der Waals surface area contributed by atoms with Crippen molar-refractivity contribution in [3.8, 4) is 5.75 Å². The van der Waals surface area contributed by atoms with Crippen LogP contribution >= 0.6 is 0 Å². The van der Waals surface area contributed by atoms with Gasteiger partial charge in [0.05, 0.1) is 19.6 Å². The van der Waals surface area contributed by atoms with E-state index in [-0.39, 0.29) is 18.3 Å². The molecule has 0 aromatic heterocycles. The predicted molar refractivity (Wildman–Crippen MR) is 94.5 cm³/mol. The molecule has 6 heteroatoms. The summed E-state index contributed by atoms with van der Waals surface area (Å²) < 4.78 is 23.6. The number of carbonyl (C=O) groups excluding carboxylic acids is 1. The SMILES string of the molecule is COc1ccc(C[C@H]2NC[C@H](O)[C@H]2OC(=O)Cc2ccc(F)cc2)cc1. The van der Waals surface area contributed by atoms with Gasteiger partial charge in [0.25, 0.3) is 0 Å². The van der Waals surface area contributed by atoms with Crippen LogP contribution in [0.5, 0.6) is 5.75 Å². The minimum Gasteiger partial charge on any atom is -0.497 e. The fraction of sp³-hybridized carbons (Fsp3) is 0.350. The molecule has 2 N–H and O–H groups in total. The molecule has 2 aromatic rings. The van der Waals surface area contributed by atoms with Crippen LogP contribution < -0.4 is 10.1 Å². The van der Waals surface area contributed by atoms with E-state index in [1.54, 1.807) is 19.2 Å². The molecule has 1 saturated heterocycles. The lowest BCUT2D eigenvalue weighted by atomic mass is 10.0. The average molecular weight is 359 g/mol. The number of nitrogens with one attached hydrogen (secondary N) is 1. The summed E-state index contributed by atoms with van der Waals surface area (Å²) in [5, 5.41) is 13.4. The van der Waals surface area contributed by atoms with E-state index in [1.807, 2.05) is 24.3 Å². The van der Waals surface area contributed by atoms with Crippen LogP contribution in [-0.2, 0) is 22.4 Å². The molecule has 1 fully saturated rings. The minimum absolute atomic E-state index is 0.0404. The second kappa shape index (κ2) is 8.29. The fourth-order valence-electron chi connectivity index (χ4n) is 3.10. The monoisotopic (exact) mass is 359 g/mol. The smallest absolute Gasteiger partial charge is 0.310 e. The third-order valence-electron chi connectivity index (χ3n) is 4.51. The molecule has 0 amide bonds. The lowest BCUT2D eigenvalue weighted by Gasteiger charge is -2.22. The molecule has 0 aliphatic carbocycles. The molecule has 3 atom stereocenters. The van der Waals surface area contributed by atoms with Crippen LogP contribution in [0.3, 0.4) is 0 Å². The molecule has 0 bridgehead atoms. The van der Waals surface area contributed by atoms with Gasteiger partial charge in [-0.1, -0.05) is 24.3 Å². The van der Waals surface area contributed by atoms with Crippen molar-refractivity contribution in [3.05, 3.63) is 65.5 Å². The number of ether oxygens (including phenoxy) is 2. The fourth-order valence-corrected chi connectivity index (χ4v) is 3.10. The van der Waals surface area contributed by atoms with Gasteiger partial charge >= 0.3 is 5.97 Å². The Hall–Kier alpha value is -2.44. The average Bonchev–Trinajstić information content (AvgIpc) is 2.97. The first-order valence-corrected chi connectivity index (χ1v) is 8.53. The molecule has 1 aliphatic rings. The summed E-state index contributed by atoms with van der Waals surface area (Å²) in [5.41, 5.74) is 1.72. The number of esters is 1. The van der Waals surface area contributed by atoms with Crippen molar-refractivity contribution < 1.29 is 23.8 Å². The van der Waals surface area contributed by atoms with Crippen LogP contribution in [0, 0.1) is 5.82 Å². The third-order valence-corrected chi connectivity index (χ3v) is 4.51. The van der Waals surface area contributed by atoms with Crippen molar-refractivity contribution in [2.24, 2.45) is 0 Å². The number of aliphatic hydroxyl groups excluding tert-OH is 1. The Morgan fingerprint density at radius 1 is 1.15 bits per heavy atom. The summed E-state index contributed by atoms with van der Waals surface area (Å²) in [5.74, 6) is -0.0170. The molecule has 138 valence electrons. The summed E-state index contributed by atoms with van der Waals surface area (Å²) in [6, 6.07) is 13.2. The van der Waals surface area contributed by atoms with Gasteiger partial charge in [-0.25, -0.2) is 4.39 Å². The summed E-state index contributed by atoms with van der Waals surface area (Å²) >= 11 is 0. The number of hydrogen-bond acceptors (Lipinski definition) is 5. The van der Waals surface area contributed by atoms with E-state index in [0.717, 1.165) is 11.3 Å². The quantitative estimate of drug-likeness (QED) is 0.771. The molecule has 2 aromatic carbocycles. The number of halogens is 1. The largest absolute Gasteiger partial charge is 0.497 e. The van der Waals surface area contributed by atoms with Gasteiger partial charge in [0.15, 0.2) is 0 Å². The van der Waals surface area contributed by atoms with E-state index in [9.17, 15) is 14.3 Å². The second-order valence-corrected chi connectivity index (χ2v) is 6.39. The predicted octanol–water partition coefficient (Wildman–Crippen LogP) is 1.86. The van der Waals surface area contributed by atoms with Crippen LogP contribution in [0.15, 0.2) is 48.5 Å². The Morgan fingerprint density at radius 2 is 1.81 bits per heavy atom. The molecular formula is C20H22FNO4. The number of hydrogen-bond donors (Lipinski definition) is 2. The zero-order chi connectivity index (χ0) is 18.5. The zero-order valence-electron chi connectivity index (χ0n) is 14.5. The van der Waals surface area contributed by atoms with Gasteiger partial charge in [0.1, 0.15) is 23.8 Å². The lowest BCUT2D eigenvalue weighted by molar-refractivity contribution is -0.153. The van der Waals surface area contributed by atoms with Crippen LogP contribution in [0.1, 0.15) is 11.1 Å². The first-order valence-electron chi connectivity index (χ1n) is 8.53. The maximum absolute atomic E-state index is 12.9. The van der Waals surface area contributed by atoms with Crippen molar-refractivity contribution in [1.82, 2.24) is 5.32 Å². The van der Waals surface area contributed by atoms with Crippen LogP contribution in [0.4, 0.5) is 4.39 Å². The van der Waals surface area contributed by atoms with Gasteiger partial charge in [-0.3, -0.25) is 4.79 Å². The van der Waals surface area contributed by atoms with Crippen molar-refractivity contribution in [1.29, 1.82) is 0 Å². The van der Waals surface area contributed by atoms with Crippen molar-refractivity contribution in [2.45, 2.75) is 31.1 Å². The van der Waals surface area contributed by atoms with E-state index in [0.29, 0.717) is 18.5 Å². The van der Waals surface area contributed by atoms with Gasteiger partial charge in [-0.15, -0.1) is 0 Å². The second-order valence-electron chi connectivity index (χ2n) is 6.39. The normalized spacial score (nSPS) is 22.2. The van der Waals surface area contributed by atoms with Crippen molar-refractivity contribution in [2.75, 3.05) is 13.7 Å². The Kier molecular flexibility index (Phi) is 5.85. The Labute approximate surface area is 151 Å². The summed E-state index contributed by atoms with van der Waals surface area (Å²) in [6.07, 6.45) is -0.714. The molecule has 0 radical (unpaired) electrons. The van der Waals surface area contributed by atoms with Gasteiger partial charge < -0.3 is 19.9 Å². The van der Waals surface area contributed by atoms with E-state index in [2.05, 4.69) is 5.32 Å². The Morgan fingerprint density at radius 3 is 2.46 bits per heavy atom. The highest BCUT2D eigenvalue weighted by Crippen LogP contribution is 2.20. The summed E-state index contributed by atoms with van der Waals surface area (Å²) in [6.45, 7) is 0.370. The van der Waals surface area contributed by atoms with Crippen molar-refractivity contribution in [3.63, 3.8) is 0 Å². The van der Waals surface area contributed by atoms with Crippen LogP contribution in [0.25, 0.3) is 0 Å². The molecule has 3 rings (SSSR count). The first kappa shape index (κ1) is 18.4. The number of benzene rings is 2.